The summed E-state index contributed by atoms with van der Waals surface area (Å²) in [5, 5.41) is 0. The van der Waals surface area contributed by atoms with E-state index in [1.165, 1.54) is 16.7 Å². The molecule has 1 aromatic rings. The molecule has 0 spiro atoms. The van der Waals surface area contributed by atoms with Crippen molar-refractivity contribution in [3.8, 4) is 0 Å². The summed E-state index contributed by atoms with van der Waals surface area (Å²) in [4.78, 5) is 0. The van der Waals surface area contributed by atoms with Gasteiger partial charge in [0.25, 0.3) is 0 Å². The first kappa shape index (κ1) is 9.79. The molecule has 0 radical (unpaired) electrons. The fraction of sp³-hybridized carbons (Fsp3) is 0.231. The summed E-state index contributed by atoms with van der Waals surface area (Å²) >= 11 is 0. The van der Waals surface area contributed by atoms with Gasteiger partial charge in [-0.2, -0.15) is 0 Å². The van der Waals surface area contributed by atoms with Crippen LogP contribution in [0.2, 0.25) is 0 Å². The van der Waals surface area contributed by atoms with Gasteiger partial charge >= 0.3 is 0 Å². The molecule has 0 N–H and O–H groups in total. The van der Waals surface area contributed by atoms with Crippen molar-refractivity contribution in [2.45, 2.75) is 20.8 Å². The van der Waals surface area contributed by atoms with E-state index in [0.717, 1.165) is 5.57 Å². The third-order valence-electron chi connectivity index (χ3n) is 2.23. The van der Waals surface area contributed by atoms with Crippen LogP contribution in [0.4, 0.5) is 0 Å². The molecular weight excluding hydrogens is 156 g/mol. The molecule has 0 unspecified atom stereocenters. The first-order chi connectivity index (χ1) is 6.11. The van der Waals surface area contributed by atoms with E-state index in [-0.39, 0.29) is 0 Å². The molecule has 0 heterocycles. The normalized spacial score (nSPS) is 11.5. The van der Waals surface area contributed by atoms with Gasteiger partial charge in [-0.15, -0.1) is 0 Å². The SMILES string of the molecule is C=C(C)/C(C)=C/c1ccccc1C. The molecule has 0 heteroatoms. The summed E-state index contributed by atoms with van der Waals surface area (Å²) in [6.45, 7) is 10.2. The zero-order chi connectivity index (χ0) is 9.84. The zero-order valence-electron chi connectivity index (χ0n) is 8.59. The van der Waals surface area contributed by atoms with Gasteiger partial charge in [-0.05, 0) is 37.5 Å². The van der Waals surface area contributed by atoms with Gasteiger partial charge in [0, 0.05) is 0 Å². The van der Waals surface area contributed by atoms with Gasteiger partial charge in [-0.3, -0.25) is 0 Å². The first-order valence-electron chi connectivity index (χ1n) is 4.51. The van der Waals surface area contributed by atoms with Gasteiger partial charge < -0.3 is 0 Å². The lowest BCUT2D eigenvalue weighted by atomic mass is 10.0. The molecule has 0 bridgehead atoms. The van der Waals surface area contributed by atoms with E-state index in [0.29, 0.717) is 0 Å². The van der Waals surface area contributed by atoms with Crippen molar-refractivity contribution in [3.63, 3.8) is 0 Å². The monoisotopic (exact) mass is 172 g/mol. The summed E-state index contributed by atoms with van der Waals surface area (Å²) in [6, 6.07) is 8.37. The molecule has 0 atom stereocenters. The van der Waals surface area contributed by atoms with Crippen molar-refractivity contribution in [2.75, 3.05) is 0 Å². The Balaban J connectivity index is 3.04. The fourth-order valence-corrected chi connectivity index (χ4v) is 1.11. The molecule has 0 aliphatic rings. The lowest BCUT2D eigenvalue weighted by molar-refractivity contribution is 1.37. The average molecular weight is 172 g/mol. The number of rotatable bonds is 2. The maximum atomic E-state index is 3.91. The minimum absolute atomic E-state index is 1.13. The summed E-state index contributed by atoms with van der Waals surface area (Å²) < 4.78 is 0. The zero-order valence-corrected chi connectivity index (χ0v) is 8.59. The maximum absolute atomic E-state index is 3.91. The summed E-state index contributed by atoms with van der Waals surface area (Å²) in [5.74, 6) is 0. The van der Waals surface area contributed by atoms with Gasteiger partial charge in [0.15, 0.2) is 0 Å². The highest BCUT2D eigenvalue weighted by atomic mass is 14.0. The molecule has 0 aromatic heterocycles. The van der Waals surface area contributed by atoms with Gasteiger partial charge in [0.1, 0.15) is 0 Å². The van der Waals surface area contributed by atoms with Crippen LogP contribution in [0.3, 0.4) is 0 Å². The van der Waals surface area contributed by atoms with Crippen LogP contribution < -0.4 is 0 Å². The summed E-state index contributed by atoms with van der Waals surface area (Å²) in [5.41, 5.74) is 4.96. The molecule has 0 amide bonds. The summed E-state index contributed by atoms with van der Waals surface area (Å²) in [7, 11) is 0. The van der Waals surface area contributed by atoms with Gasteiger partial charge in [0.05, 0.1) is 0 Å². The number of allylic oxidation sites excluding steroid dienone is 2. The number of benzene rings is 1. The van der Waals surface area contributed by atoms with E-state index in [1.54, 1.807) is 0 Å². The predicted octanol–water partition coefficient (Wildman–Crippen LogP) is 3.97. The highest BCUT2D eigenvalue weighted by molar-refractivity contribution is 5.59. The van der Waals surface area contributed by atoms with E-state index < -0.39 is 0 Å². The summed E-state index contributed by atoms with van der Waals surface area (Å²) in [6.07, 6.45) is 2.18. The van der Waals surface area contributed by atoms with Crippen LogP contribution in [0.5, 0.6) is 0 Å². The third kappa shape index (κ3) is 2.59. The average Bonchev–Trinajstić information content (AvgIpc) is 2.08. The van der Waals surface area contributed by atoms with Crippen molar-refractivity contribution in [2.24, 2.45) is 0 Å². The van der Waals surface area contributed by atoms with E-state index in [9.17, 15) is 0 Å². The Bertz CT molecular complexity index is 343. The fourth-order valence-electron chi connectivity index (χ4n) is 1.11. The third-order valence-corrected chi connectivity index (χ3v) is 2.23. The van der Waals surface area contributed by atoms with Crippen LogP contribution >= 0.6 is 0 Å². The Labute approximate surface area is 80.6 Å². The van der Waals surface area contributed by atoms with Gasteiger partial charge in [-0.1, -0.05) is 42.5 Å². The second-order valence-electron chi connectivity index (χ2n) is 3.46. The highest BCUT2D eigenvalue weighted by Gasteiger charge is 1.94. The van der Waals surface area contributed by atoms with Crippen molar-refractivity contribution in [3.05, 3.63) is 53.1 Å². The van der Waals surface area contributed by atoms with Crippen LogP contribution in [0.25, 0.3) is 6.08 Å². The Morgan fingerprint density at radius 2 is 1.85 bits per heavy atom. The molecule has 1 aromatic carbocycles. The Morgan fingerprint density at radius 3 is 2.38 bits per heavy atom. The minimum Gasteiger partial charge on any atom is -0.0958 e. The number of hydrogen-bond donors (Lipinski definition) is 0. The first-order valence-corrected chi connectivity index (χ1v) is 4.51. The Morgan fingerprint density at radius 1 is 1.23 bits per heavy atom. The lowest BCUT2D eigenvalue weighted by Crippen LogP contribution is -1.82. The quantitative estimate of drug-likeness (QED) is 0.592. The van der Waals surface area contributed by atoms with Gasteiger partial charge in [0.2, 0.25) is 0 Å². The maximum Gasteiger partial charge on any atom is -0.0225 e. The lowest BCUT2D eigenvalue weighted by Gasteiger charge is -2.02. The van der Waals surface area contributed by atoms with Crippen LogP contribution in [0.15, 0.2) is 42.0 Å². The van der Waals surface area contributed by atoms with E-state index in [1.807, 2.05) is 6.92 Å². The molecule has 0 nitrogen and oxygen atoms in total. The van der Waals surface area contributed by atoms with Crippen LogP contribution in [0, 0.1) is 6.92 Å². The largest absolute Gasteiger partial charge is 0.0958 e. The minimum atomic E-state index is 1.13. The van der Waals surface area contributed by atoms with Gasteiger partial charge in [-0.25, -0.2) is 0 Å². The molecule has 0 saturated heterocycles. The molecule has 0 fully saturated rings. The molecule has 1 rings (SSSR count). The number of aryl methyl sites for hydroxylation is 1. The predicted molar refractivity (Wildman–Crippen MR) is 59.6 cm³/mol. The molecule has 68 valence electrons. The molecule has 13 heavy (non-hydrogen) atoms. The van der Waals surface area contributed by atoms with Crippen LogP contribution in [-0.2, 0) is 0 Å². The topological polar surface area (TPSA) is 0 Å². The Hall–Kier alpha value is -1.30. The number of hydrogen-bond acceptors (Lipinski definition) is 0. The highest BCUT2D eigenvalue weighted by Crippen LogP contribution is 2.15. The second-order valence-corrected chi connectivity index (χ2v) is 3.46. The smallest absolute Gasteiger partial charge is 0.0225 e. The van der Waals surface area contributed by atoms with Crippen LogP contribution in [0.1, 0.15) is 25.0 Å². The van der Waals surface area contributed by atoms with Crippen molar-refractivity contribution in [1.29, 1.82) is 0 Å². The van der Waals surface area contributed by atoms with Crippen molar-refractivity contribution >= 4 is 6.08 Å². The van der Waals surface area contributed by atoms with E-state index in [4.69, 9.17) is 0 Å². The van der Waals surface area contributed by atoms with Crippen LogP contribution in [-0.4, -0.2) is 0 Å². The standard InChI is InChI=1S/C13H16/c1-10(2)12(4)9-13-8-6-5-7-11(13)3/h5-9H,1H2,2-4H3/b12-9+. The molecular formula is C13H16. The molecule has 0 aliphatic heterocycles. The van der Waals surface area contributed by atoms with Crippen molar-refractivity contribution in [1.82, 2.24) is 0 Å². The van der Waals surface area contributed by atoms with E-state index in [2.05, 4.69) is 50.8 Å². The van der Waals surface area contributed by atoms with Crippen molar-refractivity contribution < 1.29 is 0 Å². The molecule has 0 saturated carbocycles. The molecule has 0 aliphatic carbocycles. The second kappa shape index (κ2) is 4.08. The van der Waals surface area contributed by atoms with E-state index >= 15 is 0 Å². The Kier molecular flexibility index (Phi) is 3.07.